The van der Waals surface area contributed by atoms with Crippen LogP contribution in [0.5, 0.6) is 0 Å². The SMILES string of the molecule is Cc1ccc(C2CNC(=O)CC23CCN(C(=O)OC(C)(C)C)CC3)cc1. The van der Waals surface area contributed by atoms with Crippen molar-refractivity contribution < 1.29 is 14.3 Å². The van der Waals surface area contributed by atoms with Gasteiger partial charge in [-0.15, -0.1) is 0 Å². The second-order valence-corrected chi connectivity index (χ2v) is 8.77. The summed E-state index contributed by atoms with van der Waals surface area (Å²) in [6, 6.07) is 8.63. The van der Waals surface area contributed by atoms with Crippen LogP contribution in [-0.4, -0.2) is 42.1 Å². The van der Waals surface area contributed by atoms with Crippen LogP contribution in [0.3, 0.4) is 0 Å². The zero-order chi connectivity index (χ0) is 18.9. The van der Waals surface area contributed by atoms with Crippen molar-refractivity contribution in [1.82, 2.24) is 10.2 Å². The molecule has 1 aromatic rings. The first kappa shape index (κ1) is 18.7. The van der Waals surface area contributed by atoms with E-state index in [2.05, 4.69) is 36.5 Å². The molecule has 0 radical (unpaired) electrons. The Balaban J connectivity index is 1.75. The quantitative estimate of drug-likeness (QED) is 0.834. The van der Waals surface area contributed by atoms with Crippen molar-refractivity contribution in [2.24, 2.45) is 5.41 Å². The molecule has 2 heterocycles. The maximum Gasteiger partial charge on any atom is 0.410 e. The van der Waals surface area contributed by atoms with E-state index in [0.717, 1.165) is 12.8 Å². The number of piperidine rings is 2. The van der Waals surface area contributed by atoms with Gasteiger partial charge in [-0.1, -0.05) is 29.8 Å². The highest BCUT2D eigenvalue weighted by Crippen LogP contribution is 2.48. The van der Waals surface area contributed by atoms with E-state index in [1.807, 2.05) is 20.8 Å². The number of hydrogen-bond acceptors (Lipinski definition) is 3. The average Bonchev–Trinajstić information content (AvgIpc) is 2.55. The van der Waals surface area contributed by atoms with Crippen molar-refractivity contribution in [3.63, 3.8) is 0 Å². The van der Waals surface area contributed by atoms with E-state index in [-0.39, 0.29) is 17.4 Å². The van der Waals surface area contributed by atoms with Crippen LogP contribution in [0.4, 0.5) is 4.79 Å². The Morgan fingerprint density at radius 1 is 1.19 bits per heavy atom. The van der Waals surface area contributed by atoms with Crippen molar-refractivity contribution in [3.05, 3.63) is 35.4 Å². The summed E-state index contributed by atoms with van der Waals surface area (Å²) in [5.74, 6) is 0.417. The highest BCUT2D eigenvalue weighted by atomic mass is 16.6. The molecule has 1 atom stereocenters. The lowest BCUT2D eigenvalue weighted by Crippen LogP contribution is -2.53. The standard InChI is InChI=1S/C21H30N2O3/c1-15-5-7-16(8-6-15)17-14-22-18(24)13-21(17)9-11-23(12-10-21)19(25)26-20(2,3)4/h5-8,17H,9-14H2,1-4H3,(H,22,24). The molecule has 0 saturated carbocycles. The van der Waals surface area contributed by atoms with Crippen molar-refractivity contribution in [2.75, 3.05) is 19.6 Å². The van der Waals surface area contributed by atoms with Crippen LogP contribution < -0.4 is 5.32 Å². The Bertz CT molecular complexity index is 667. The summed E-state index contributed by atoms with van der Waals surface area (Å²) in [6.45, 7) is 9.70. The summed E-state index contributed by atoms with van der Waals surface area (Å²) in [7, 11) is 0. The van der Waals surface area contributed by atoms with Crippen LogP contribution in [-0.2, 0) is 9.53 Å². The molecule has 5 heteroatoms. The van der Waals surface area contributed by atoms with Crippen LogP contribution in [0.1, 0.15) is 57.1 Å². The lowest BCUT2D eigenvalue weighted by Gasteiger charge is -2.49. The van der Waals surface area contributed by atoms with E-state index in [0.29, 0.717) is 32.0 Å². The average molecular weight is 358 g/mol. The molecule has 0 aliphatic carbocycles. The predicted octanol–water partition coefficient (Wildman–Crippen LogP) is 3.62. The molecule has 1 unspecified atom stereocenters. The first-order chi connectivity index (χ1) is 12.2. The smallest absolute Gasteiger partial charge is 0.410 e. The van der Waals surface area contributed by atoms with Gasteiger partial charge in [0.1, 0.15) is 5.60 Å². The minimum absolute atomic E-state index is 0.0733. The largest absolute Gasteiger partial charge is 0.444 e. The van der Waals surface area contributed by atoms with Gasteiger partial charge >= 0.3 is 6.09 Å². The van der Waals surface area contributed by atoms with E-state index in [9.17, 15) is 9.59 Å². The number of benzene rings is 1. The highest BCUT2D eigenvalue weighted by Gasteiger charge is 2.47. The lowest BCUT2D eigenvalue weighted by molar-refractivity contribution is -0.128. The number of carbonyl (C=O) groups excluding carboxylic acids is 2. The van der Waals surface area contributed by atoms with Gasteiger partial charge in [0.05, 0.1) is 0 Å². The Hall–Kier alpha value is -2.04. The van der Waals surface area contributed by atoms with Gasteiger partial charge in [-0.05, 0) is 51.5 Å². The van der Waals surface area contributed by atoms with Crippen LogP contribution in [0, 0.1) is 12.3 Å². The Labute approximate surface area is 156 Å². The van der Waals surface area contributed by atoms with Gasteiger partial charge in [0.2, 0.25) is 5.91 Å². The van der Waals surface area contributed by atoms with E-state index in [1.165, 1.54) is 11.1 Å². The first-order valence-corrected chi connectivity index (χ1v) is 9.50. The Kier molecular flexibility index (Phi) is 5.00. The molecule has 2 aliphatic rings. The van der Waals surface area contributed by atoms with Crippen LogP contribution in [0.25, 0.3) is 0 Å². The summed E-state index contributed by atoms with van der Waals surface area (Å²) >= 11 is 0. The van der Waals surface area contributed by atoms with Crippen molar-refractivity contribution in [1.29, 1.82) is 0 Å². The van der Waals surface area contributed by atoms with Gasteiger partial charge in [0.25, 0.3) is 0 Å². The maximum atomic E-state index is 12.4. The number of rotatable bonds is 1. The second kappa shape index (κ2) is 6.93. The van der Waals surface area contributed by atoms with E-state index >= 15 is 0 Å². The van der Waals surface area contributed by atoms with Crippen LogP contribution in [0.2, 0.25) is 0 Å². The molecule has 1 aromatic carbocycles. The molecular formula is C21H30N2O3. The van der Waals surface area contributed by atoms with Gasteiger partial charge in [0.15, 0.2) is 0 Å². The van der Waals surface area contributed by atoms with Gasteiger partial charge in [-0.25, -0.2) is 4.79 Å². The third kappa shape index (κ3) is 4.02. The zero-order valence-electron chi connectivity index (χ0n) is 16.3. The number of aryl methyl sites for hydroxylation is 1. The molecule has 0 bridgehead atoms. The molecule has 0 aromatic heterocycles. The van der Waals surface area contributed by atoms with E-state index < -0.39 is 5.60 Å². The zero-order valence-corrected chi connectivity index (χ0v) is 16.3. The number of hydrogen-bond donors (Lipinski definition) is 1. The third-order valence-electron chi connectivity index (χ3n) is 5.65. The number of ether oxygens (including phenoxy) is 1. The van der Waals surface area contributed by atoms with Crippen molar-refractivity contribution >= 4 is 12.0 Å². The van der Waals surface area contributed by atoms with Gasteiger partial charge < -0.3 is 15.0 Å². The molecule has 2 saturated heterocycles. The number of nitrogens with one attached hydrogen (secondary N) is 1. The molecule has 1 N–H and O–H groups in total. The monoisotopic (exact) mass is 358 g/mol. The number of nitrogens with zero attached hydrogens (tertiary/aromatic N) is 1. The van der Waals surface area contributed by atoms with E-state index in [1.54, 1.807) is 4.90 Å². The highest BCUT2D eigenvalue weighted by molar-refractivity contribution is 5.78. The minimum Gasteiger partial charge on any atom is -0.444 e. The topological polar surface area (TPSA) is 58.6 Å². The van der Waals surface area contributed by atoms with Crippen LogP contribution >= 0.6 is 0 Å². The van der Waals surface area contributed by atoms with Crippen molar-refractivity contribution in [2.45, 2.75) is 58.5 Å². The summed E-state index contributed by atoms with van der Waals surface area (Å²) < 4.78 is 5.51. The second-order valence-electron chi connectivity index (χ2n) is 8.77. The van der Waals surface area contributed by atoms with Crippen molar-refractivity contribution in [3.8, 4) is 0 Å². The number of carbonyl (C=O) groups is 2. The maximum absolute atomic E-state index is 12.4. The number of likely N-dealkylation sites (tertiary alicyclic amines) is 1. The third-order valence-corrected chi connectivity index (χ3v) is 5.65. The molecule has 2 amide bonds. The van der Waals surface area contributed by atoms with E-state index in [4.69, 9.17) is 4.74 Å². The van der Waals surface area contributed by atoms with Gasteiger partial charge in [0, 0.05) is 32.0 Å². The predicted molar refractivity (Wildman–Crippen MR) is 101 cm³/mol. The Morgan fingerprint density at radius 2 is 1.81 bits per heavy atom. The van der Waals surface area contributed by atoms with Gasteiger partial charge in [-0.3, -0.25) is 4.79 Å². The molecule has 5 nitrogen and oxygen atoms in total. The molecule has 3 rings (SSSR count). The summed E-state index contributed by atoms with van der Waals surface area (Å²) in [4.78, 5) is 26.3. The molecule has 26 heavy (non-hydrogen) atoms. The number of amides is 2. The lowest BCUT2D eigenvalue weighted by atomic mass is 9.62. The molecule has 1 spiro atoms. The summed E-state index contributed by atoms with van der Waals surface area (Å²) in [6.07, 6.45) is 1.95. The molecule has 142 valence electrons. The summed E-state index contributed by atoms with van der Waals surface area (Å²) in [5.41, 5.74) is 1.96. The van der Waals surface area contributed by atoms with Gasteiger partial charge in [-0.2, -0.15) is 0 Å². The normalized spacial score (nSPS) is 22.8. The minimum atomic E-state index is -0.485. The molecule has 2 aliphatic heterocycles. The summed E-state index contributed by atoms with van der Waals surface area (Å²) in [5, 5.41) is 3.04. The fraction of sp³-hybridized carbons (Fsp3) is 0.619. The molecule has 2 fully saturated rings. The van der Waals surface area contributed by atoms with Crippen LogP contribution in [0.15, 0.2) is 24.3 Å². The Morgan fingerprint density at radius 3 is 2.38 bits per heavy atom. The fourth-order valence-corrected chi connectivity index (χ4v) is 4.19. The first-order valence-electron chi connectivity index (χ1n) is 9.50. The molecular weight excluding hydrogens is 328 g/mol. The fourth-order valence-electron chi connectivity index (χ4n) is 4.19.